The number of azide groups is 1. The first kappa shape index (κ1) is 62.0. The molecule has 0 bridgehead atoms. The molecule has 0 amide bonds. The van der Waals surface area contributed by atoms with E-state index in [0.29, 0.717) is 0 Å². The van der Waals surface area contributed by atoms with Crippen LogP contribution in [0, 0.1) is 6.92 Å². The summed E-state index contributed by atoms with van der Waals surface area (Å²) in [5.74, 6) is -6.97. The van der Waals surface area contributed by atoms with Crippen molar-refractivity contribution in [1.29, 1.82) is 0 Å². The molecule has 30 nitrogen and oxygen atoms in total. The third-order valence-electron chi connectivity index (χ3n) is 10.4. The first-order valence-electron chi connectivity index (χ1n) is 22.7. The number of carbonyl (C=O) groups excluding carboxylic acids is 8. The minimum absolute atomic E-state index is 0.102. The maximum atomic E-state index is 14.6. The topological polar surface area (TPSA) is 386 Å². The third-order valence-corrected chi connectivity index (χ3v) is 14.1. The number of nitrogens with zero attached hydrogens (tertiary/aromatic N) is 4. The fraction of sp³-hybridized carbons (Fsp3) is 0.714. The summed E-state index contributed by atoms with van der Waals surface area (Å²) in [6.45, 7) is 7.32. The molecule has 0 unspecified atom stereocenters. The maximum absolute atomic E-state index is 14.6. The molecule has 3 saturated heterocycles. The van der Waals surface area contributed by atoms with Crippen LogP contribution in [0.4, 0.5) is 0 Å². The number of nitrogens with one attached hydrogen (secondary N) is 1. The SMILES string of the molecule is CC(=O)OC[C@H]1O[C@@H](SCCOP(=O)(OCCS[C@@H]2O[C@H](COC(C)=O)[C@@H](OC(C)=O)[C@H](OC(C)=O)[C@H]2OC(C)=O)OC[C@H]2O[C@@H](n3cc(C)c(=O)[nH]c3=O)C[C@H]2N=[N+]=[N-])[C@H](OC(C)=O)[C@@H](OC(C)=O)[C@@H]1OC(C)=O. The minimum Gasteiger partial charge on any atom is -0.463 e. The Kier molecular flexibility index (Phi) is 24.0. The second-order valence-electron chi connectivity index (χ2n) is 16.4. The highest BCUT2D eigenvalue weighted by Gasteiger charge is 2.54. The minimum atomic E-state index is -4.81. The fourth-order valence-electron chi connectivity index (χ4n) is 7.57. The lowest BCUT2D eigenvalue weighted by molar-refractivity contribution is -0.237. The van der Waals surface area contributed by atoms with Crippen LogP contribution in [-0.2, 0) is 109 Å². The van der Waals surface area contributed by atoms with E-state index in [1.54, 1.807) is 0 Å². The van der Waals surface area contributed by atoms with Gasteiger partial charge >= 0.3 is 61.3 Å². The number of aromatic amines is 1. The largest absolute Gasteiger partial charge is 0.474 e. The van der Waals surface area contributed by atoms with Crippen LogP contribution in [0.1, 0.15) is 73.6 Å². The Morgan fingerprint density at radius 3 is 1.44 bits per heavy atom. The van der Waals surface area contributed by atoms with E-state index in [1.165, 1.54) is 13.1 Å². The van der Waals surface area contributed by atoms with Gasteiger partial charge in [0, 0.05) is 90.0 Å². The smallest absolute Gasteiger partial charge is 0.463 e. The Morgan fingerprint density at radius 2 is 1.04 bits per heavy atom. The van der Waals surface area contributed by atoms with E-state index in [4.69, 9.17) is 65.7 Å². The number of hydrogen-bond donors (Lipinski definition) is 1. The van der Waals surface area contributed by atoms with Gasteiger partial charge < -0.3 is 52.1 Å². The van der Waals surface area contributed by atoms with Crippen molar-refractivity contribution < 1.29 is 109 Å². The first-order valence-corrected chi connectivity index (χ1v) is 26.3. The lowest BCUT2D eigenvalue weighted by atomic mass is 9.99. The summed E-state index contributed by atoms with van der Waals surface area (Å²) in [6, 6.07) is -1.04. The second kappa shape index (κ2) is 29.1. The number of phosphoric acid groups is 1. The van der Waals surface area contributed by atoms with Gasteiger partial charge in [-0.05, 0) is 12.5 Å². The summed E-state index contributed by atoms with van der Waals surface area (Å²) < 4.78 is 94.3. The Hall–Kier alpha value is -5.56. The van der Waals surface area contributed by atoms with Gasteiger partial charge in [0.2, 0.25) is 0 Å². The zero-order valence-electron chi connectivity index (χ0n) is 42.0. The zero-order chi connectivity index (χ0) is 55.7. The Balaban J connectivity index is 1.62. The number of hydrogen-bond acceptors (Lipinski definition) is 28. The van der Waals surface area contributed by atoms with Crippen molar-refractivity contribution in [2.45, 2.75) is 147 Å². The van der Waals surface area contributed by atoms with Gasteiger partial charge in [0.05, 0.1) is 32.0 Å². The van der Waals surface area contributed by atoms with Gasteiger partial charge in [-0.2, -0.15) is 0 Å². The molecule has 4 rings (SSSR count). The fourth-order valence-corrected chi connectivity index (χ4v) is 11.1. The van der Waals surface area contributed by atoms with E-state index in [9.17, 15) is 58.0 Å². The van der Waals surface area contributed by atoms with Crippen LogP contribution >= 0.6 is 31.3 Å². The molecule has 3 aliphatic rings. The predicted octanol–water partition coefficient (Wildman–Crippen LogP) is 1.60. The average Bonchev–Trinajstić information content (AvgIpc) is 3.70. The van der Waals surface area contributed by atoms with Gasteiger partial charge in [0.15, 0.2) is 36.6 Å². The van der Waals surface area contributed by atoms with Crippen LogP contribution in [0.25, 0.3) is 10.4 Å². The first-order chi connectivity index (χ1) is 35.3. The number of rotatable bonds is 25. The van der Waals surface area contributed by atoms with Crippen molar-refractivity contribution in [3.63, 3.8) is 0 Å². The standard InChI is InChI=1S/C42H58N5O25PS2/c1-19-15-47(42(57)44-39(19)56)32-14-28(45-46-43)29(70-32)18-63-73(58,61-10-12-74-40-37(68-26(8)54)35(66-24(6)52)33(64-22(4)50)30(71-40)16-59-20(2)48)62-11-13-75-41-38(69-27(9)55)36(67-25(7)53)34(65-23(5)51)31(72-41)17-60-21(3)49/h15,28-38,40-41H,10-14,16-18H2,1-9H3,(H,44,56,57)/t28-,29-,30-,31-,32-,33-,34-,35+,36+,37-,38-,40+,41+/m1/s1. The van der Waals surface area contributed by atoms with Crippen LogP contribution in [0.5, 0.6) is 0 Å². The highest BCUT2D eigenvalue weighted by atomic mass is 32.2. The van der Waals surface area contributed by atoms with E-state index in [2.05, 4.69) is 15.0 Å². The lowest BCUT2D eigenvalue weighted by Gasteiger charge is -2.44. The Labute approximate surface area is 435 Å². The Morgan fingerprint density at radius 1 is 0.627 bits per heavy atom. The van der Waals surface area contributed by atoms with Gasteiger partial charge in [-0.25, -0.2) is 9.36 Å². The van der Waals surface area contributed by atoms with Crippen LogP contribution in [0.3, 0.4) is 0 Å². The normalized spacial score (nSPS) is 27.3. The zero-order valence-corrected chi connectivity index (χ0v) is 44.5. The van der Waals surface area contributed by atoms with E-state index in [1.807, 2.05) is 0 Å². The highest BCUT2D eigenvalue weighted by molar-refractivity contribution is 8.00. The monoisotopic (exact) mass is 1130 g/mol. The van der Waals surface area contributed by atoms with Crippen LogP contribution in [-0.4, -0.2) is 174 Å². The molecule has 33 heteroatoms. The molecular formula is C42H58N5O25PS2. The quantitative estimate of drug-likeness (QED) is 0.0276. The number of aromatic nitrogens is 2. The van der Waals surface area contributed by atoms with Gasteiger partial charge in [-0.15, -0.1) is 23.5 Å². The molecule has 0 radical (unpaired) electrons. The summed E-state index contributed by atoms with van der Waals surface area (Å²) in [7, 11) is -4.81. The number of carbonyl (C=O) groups is 8. The molecule has 75 heavy (non-hydrogen) atoms. The van der Waals surface area contributed by atoms with Crippen LogP contribution in [0.15, 0.2) is 20.9 Å². The van der Waals surface area contributed by atoms with Gasteiger partial charge in [0.1, 0.15) is 42.5 Å². The molecule has 4 heterocycles. The molecular weight excluding hydrogens is 1070 g/mol. The summed E-state index contributed by atoms with van der Waals surface area (Å²) in [5.41, 5.74) is 5.55. The van der Waals surface area contributed by atoms with Crippen LogP contribution < -0.4 is 11.2 Å². The van der Waals surface area contributed by atoms with Crippen molar-refractivity contribution in [2.24, 2.45) is 5.11 Å². The molecule has 1 aromatic rings. The predicted molar refractivity (Wildman–Crippen MR) is 252 cm³/mol. The van der Waals surface area contributed by atoms with Gasteiger partial charge in [0.25, 0.3) is 5.56 Å². The average molecular weight is 1130 g/mol. The molecule has 1 aromatic heterocycles. The Bertz CT molecular complexity index is 2350. The number of aryl methyl sites for hydroxylation is 1. The molecule has 3 aliphatic heterocycles. The highest BCUT2D eigenvalue weighted by Crippen LogP contribution is 2.51. The number of thioether (sulfide) groups is 2. The number of phosphoric ester groups is 1. The molecule has 1 N–H and O–H groups in total. The molecule has 0 aromatic carbocycles. The molecule has 418 valence electrons. The molecule has 13 atom stereocenters. The number of esters is 8. The van der Waals surface area contributed by atoms with Crippen LogP contribution in [0.2, 0.25) is 0 Å². The van der Waals surface area contributed by atoms with E-state index in [0.717, 1.165) is 83.5 Å². The molecule has 0 spiro atoms. The number of ether oxygens (including phenoxy) is 11. The number of H-pyrrole nitrogens is 1. The van der Waals surface area contributed by atoms with Crippen molar-refractivity contribution in [2.75, 3.05) is 44.5 Å². The van der Waals surface area contributed by atoms with E-state index in [-0.39, 0.29) is 23.5 Å². The van der Waals surface area contributed by atoms with Crippen molar-refractivity contribution in [3.8, 4) is 0 Å². The van der Waals surface area contributed by atoms with Crippen molar-refractivity contribution >= 4 is 79.1 Å². The van der Waals surface area contributed by atoms with Gasteiger partial charge in [-0.3, -0.25) is 66.3 Å². The molecule has 3 fully saturated rings. The molecule has 0 aliphatic carbocycles. The van der Waals surface area contributed by atoms with Crippen molar-refractivity contribution in [1.82, 2.24) is 9.55 Å². The summed E-state index contributed by atoms with van der Waals surface area (Å²) >= 11 is 1.74. The van der Waals surface area contributed by atoms with E-state index >= 15 is 0 Å². The summed E-state index contributed by atoms with van der Waals surface area (Å²) in [5, 5.41) is 3.75. The van der Waals surface area contributed by atoms with E-state index < -0.39 is 178 Å². The second-order valence-corrected chi connectivity index (χ2v) is 20.5. The summed E-state index contributed by atoms with van der Waals surface area (Å²) in [6.07, 6.45) is -12.5. The van der Waals surface area contributed by atoms with Crippen molar-refractivity contribution in [3.05, 3.63) is 43.0 Å². The lowest BCUT2D eigenvalue weighted by Crippen LogP contribution is -2.61. The molecule has 0 saturated carbocycles. The summed E-state index contributed by atoms with van der Waals surface area (Å²) in [4.78, 5) is 127. The van der Waals surface area contributed by atoms with Gasteiger partial charge in [-0.1, -0.05) is 5.11 Å². The maximum Gasteiger partial charge on any atom is 0.474 e. The third kappa shape index (κ3) is 19.2.